The Bertz CT molecular complexity index is 353. The number of hydrogen-bond donors (Lipinski definition) is 0. The highest BCUT2D eigenvalue weighted by Gasteiger charge is 2.47. The van der Waals surface area contributed by atoms with Crippen molar-refractivity contribution in [3.63, 3.8) is 0 Å². The van der Waals surface area contributed by atoms with Gasteiger partial charge in [-0.2, -0.15) is 0 Å². The minimum absolute atomic E-state index is 0.0885. The zero-order valence-electron chi connectivity index (χ0n) is 15.0. The zero-order valence-corrected chi connectivity index (χ0v) is 16.0. The van der Waals surface area contributed by atoms with Crippen LogP contribution in [0, 0.1) is 5.92 Å². The second-order valence-corrected chi connectivity index (χ2v) is 12.3. The summed E-state index contributed by atoms with van der Waals surface area (Å²) in [5.74, 6) is -0.137. The van der Waals surface area contributed by atoms with Gasteiger partial charge in [0.2, 0.25) is 0 Å². The van der Waals surface area contributed by atoms with Crippen LogP contribution in [-0.2, 0) is 23.4 Å². The minimum atomic E-state index is -1.99. The van der Waals surface area contributed by atoms with Gasteiger partial charge in [-0.05, 0) is 31.0 Å². The molecule has 1 fully saturated rings. The second kappa shape index (κ2) is 8.01. The van der Waals surface area contributed by atoms with E-state index in [1.165, 1.54) is 0 Å². The van der Waals surface area contributed by atoms with Crippen molar-refractivity contribution < 1.29 is 23.4 Å². The van der Waals surface area contributed by atoms with Crippen molar-refractivity contribution in [1.29, 1.82) is 0 Å². The molecule has 0 aromatic heterocycles. The standard InChI is InChI=1S/C16H32O5Si/c1-16(2,3)22(6,7)21-15-13(20-11-18-4)9-8-12(10-17)14(15)19-5/h10,12-15H,8-9,11H2,1-7H3/t12-,13+,14-,15-/m1/s1. The van der Waals surface area contributed by atoms with Gasteiger partial charge < -0.3 is 23.4 Å². The predicted octanol–water partition coefficient (Wildman–Crippen LogP) is 2.99. The van der Waals surface area contributed by atoms with Gasteiger partial charge >= 0.3 is 0 Å². The Kier molecular flexibility index (Phi) is 7.20. The van der Waals surface area contributed by atoms with Crippen LogP contribution in [0.5, 0.6) is 0 Å². The van der Waals surface area contributed by atoms with Crippen molar-refractivity contribution in [2.75, 3.05) is 21.0 Å². The van der Waals surface area contributed by atoms with Crippen LogP contribution in [0.4, 0.5) is 0 Å². The first-order chi connectivity index (χ1) is 10.2. The molecule has 0 bridgehead atoms. The second-order valence-electron chi connectivity index (χ2n) is 7.53. The number of carbonyl (C=O) groups is 1. The fraction of sp³-hybridized carbons (Fsp3) is 0.938. The molecule has 0 saturated heterocycles. The number of hydrogen-bond acceptors (Lipinski definition) is 5. The smallest absolute Gasteiger partial charge is 0.192 e. The van der Waals surface area contributed by atoms with Crippen LogP contribution in [0.3, 0.4) is 0 Å². The van der Waals surface area contributed by atoms with E-state index in [0.717, 1.165) is 19.1 Å². The summed E-state index contributed by atoms with van der Waals surface area (Å²) < 4.78 is 23.0. The van der Waals surface area contributed by atoms with E-state index in [1.807, 2.05) is 0 Å². The molecule has 22 heavy (non-hydrogen) atoms. The highest BCUT2D eigenvalue weighted by Crippen LogP contribution is 2.40. The molecule has 0 aromatic carbocycles. The molecular formula is C16H32O5Si. The lowest BCUT2D eigenvalue weighted by atomic mass is 9.83. The molecule has 0 spiro atoms. The Labute approximate surface area is 135 Å². The Morgan fingerprint density at radius 1 is 1.14 bits per heavy atom. The van der Waals surface area contributed by atoms with E-state index >= 15 is 0 Å². The summed E-state index contributed by atoms with van der Waals surface area (Å²) in [7, 11) is 1.26. The molecule has 1 aliphatic carbocycles. The maximum absolute atomic E-state index is 11.4. The van der Waals surface area contributed by atoms with E-state index in [9.17, 15) is 4.79 Å². The van der Waals surface area contributed by atoms with Crippen molar-refractivity contribution >= 4 is 14.6 Å². The summed E-state index contributed by atoms with van der Waals surface area (Å²) in [6.07, 6.45) is 1.94. The molecule has 4 atom stereocenters. The summed E-state index contributed by atoms with van der Waals surface area (Å²) in [4.78, 5) is 11.4. The largest absolute Gasteiger partial charge is 0.409 e. The Morgan fingerprint density at radius 3 is 2.23 bits per heavy atom. The summed E-state index contributed by atoms with van der Waals surface area (Å²) >= 11 is 0. The van der Waals surface area contributed by atoms with Crippen molar-refractivity contribution in [3.05, 3.63) is 0 Å². The van der Waals surface area contributed by atoms with Gasteiger partial charge in [0.15, 0.2) is 8.32 Å². The molecule has 6 heteroatoms. The lowest BCUT2D eigenvalue weighted by Crippen LogP contribution is -2.56. The van der Waals surface area contributed by atoms with E-state index in [1.54, 1.807) is 14.2 Å². The first-order valence-electron chi connectivity index (χ1n) is 7.94. The van der Waals surface area contributed by atoms with Crippen LogP contribution in [-0.4, -0.2) is 53.9 Å². The third-order valence-electron chi connectivity index (χ3n) is 4.98. The van der Waals surface area contributed by atoms with Crippen LogP contribution in [0.25, 0.3) is 0 Å². The summed E-state index contributed by atoms with van der Waals surface area (Å²) in [6.45, 7) is 11.2. The number of ether oxygens (including phenoxy) is 3. The lowest BCUT2D eigenvalue weighted by Gasteiger charge is -2.46. The van der Waals surface area contributed by atoms with Crippen LogP contribution < -0.4 is 0 Å². The Morgan fingerprint density at radius 2 is 1.77 bits per heavy atom. The van der Waals surface area contributed by atoms with Gasteiger partial charge in [0, 0.05) is 20.1 Å². The predicted molar refractivity (Wildman–Crippen MR) is 88.4 cm³/mol. The van der Waals surface area contributed by atoms with Crippen LogP contribution >= 0.6 is 0 Å². The third-order valence-corrected chi connectivity index (χ3v) is 9.45. The van der Waals surface area contributed by atoms with Crippen molar-refractivity contribution in [3.8, 4) is 0 Å². The van der Waals surface area contributed by atoms with Gasteiger partial charge in [-0.1, -0.05) is 20.8 Å². The molecule has 0 heterocycles. The van der Waals surface area contributed by atoms with Crippen LogP contribution in [0.15, 0.2) is 0 Å². The van der Waals surface area contributed by atoms with Gasteiger partial charge in [0.25, 0.3) is 0 Å². The monoisotopic (exact) mass is 332 g/mol. The molecule has 0 unspecified atom stereocenters. The molecule has 1 saturated carbocycles. The van der Waals surface area contributed by atoms with Gasteiger partial charge in [-0.3, -0.25) is 0 Å². The number of methoxy groups -OCH3 is 2. The number of carbonyl (C=O) groups excluding carboxylic acids is 1. The van der Waals surface area contributed by atoms with E-state index in [-0.39, 0.29) is 36.1 Å². The maximum Gasteiger partial charge on any atom is 0.192 e. The fourth-order valence-corrected chi connectivity index (χ4v) is 3.91. The molecule has 0 N–H and O–H groups in total. The first-order valence-corrected chi connectivity index (χ1v) is 10.8. The highest BCUT2D eigenvalue weighted by atomic mass is 28.4. The topological polar surface area (TPSA) is 54.0 Å². The molecule has 0 amide bonds. The van der Waals surface area contributed by atoms with Crippen LogP contribution in [0.2, 0.25) is 18.1 Å². The molecule has 5 nitrogen and oxygen atoms in total. The molecule has 0 aromatic rings. The van der Waals surface area contributed by atoms with Gasteiger partial charge in [-0.25, -0.2) is 0 Å². The zero-order chi connectivity index (χ0) is 17.0. The number of rotatable bonds is 7. The summed E-state index contributed by atoms with van der Waals surface area (Å²) in [6, 6.07) is 0. The normalized spacial score (nSPS) is 30.3. The summed E-state index contributed by atoms with van der Waals surface area (Å²) in [5.41, 5.74) is 0. The molecule has 130 valence electrons. The van der Waals surface area contributed by atoms with Gasteiger partial charge in [0.1, 0.15) is 13.1 Å². The maximum atomic E-state index is 11.4. The van der Waals surface area contributed by atoms with Crippen molar-refractivity contribution in [1.82, 2.24) is 0 Å². The van der Waals surface area contributed by atoms with E-state index < -0.39 is 8.32 Å². The average Bonchev–Trinajstić information content (AvgIpc) is 2.43. The van der Waals surface area contributed by atoms with Gasteiger partial charge in [0.05, 0.1) is 18.3 Å². The number of aldehydes is 1. The molecule has 1 aliphatic rings. The molecule has 1 rings (SSSR count). The molecular weight excluding hydrogens is 300 g/mol. The fourth-order valence-electron chi connectivity index (χ4n) is 2.59. The Balaban J connectivity index is 2.98. The SMILES string of the molecule is COCO[C@H]1CC[C@H](C=O)[C@@H](OC)[C@@H]1O[Si](C)(C)C(C)(C)C. The lowest BCUT2D eigenvalue weighted by molar-refractivity contribution is -0.169. The highest BCUT2D eigenvalue weighted by molar-refractivity contribution is 6.74. The minimum Gasteiger partial charge on any atom is -0.409 e. The third kappa shape index (κ3) is 4.61. The quantitative estimate of drug-likeness (QED) is 0.407. The van der Waals surface area contributed by atoms with E-state index in [0.29, 0.717) is 0 Å². The molecule has 0 aliphatic heterocycles. The van der Waals surface area contributed by atoms with Crippen molar-refractivity contribution in [2.24, 2.45) is 5.92 Å². The average molecular weight is 333 g/mol. The Hall–Kier alpha value is -0.273. The van der Waals surface area contributed by atoms with Gasteiger partial charge in [-0.15, -0.1) is 0 Å². The van der Waals surface area contributed by atoms with Crippen LogP contribution in [0.1, 0.15) is 33.6 Å². The molecule has 0 radical (unpaired) electrons. The van der Waals surface area contributed by atoms with E-state index in [4.69, 9.17) is 18.6 Å². The summed E-state index contributed by atoms with van der Waals surface area (Å²) in [5, 5.41) is 0.0885. The van der Waals surface area contributed by atoms with Crippen molar-refractivity contribution in [2.45, 2.75) is 70.1 Å². The van der Waals surface area contributed by atoms with E-state index in [2.05, 4.69) is 33.9 Å². The first kappa shape index (κ1) is 19.8.